The monoisotopic (exact) mass is 329 g/mol. The van der Waals surface area contributed by atoms with Crippen LogP contribution in [-0.4, -0.2) is 32.7 Å². The summed E-state index contributed by atoms with van der Waals surface area (Å²) in [5, 5.41) is 17.9. The molecule has 1 aromatic heterocycles. The molecular weight excluding hydrogens is 310 g/mol. The van der Waals surface area contributed by atoms with Gasteiger partial charge in [-0.2, -0.15) is 5.10 Å². The molecule has 0 radical (unpaired) electrons. The Bertz CT molecular complexity index is 747. The molecule has 8 nitrogen and oxygen atoms in total. The topological polar surface area (TPSA) is 116 Å². The molecule has 3 N–H and O–H groups in total. The summed E-state index contributed by atoms with van der Waals surface area (Å²) in [6, 6.07) is 5.98. The summed E-state index contributed by atoms with van der Waals surface area (Å²) in [5.74, 6) is -0.199. The van der Waals surface area contributed by atoms with Gasteiger partial charge in [0.2, 0.25) is 0 Å². The Morgan fingerprint density at radius 3 is 2.58 bits per heavy atom. The van der Waals surface area contributed by atoms with Gasteiger partial charge in [0.25, 0.3) is 11.6 Å². The predicted molar refractivity (Wildman–Crippen MR) is 87.9 cm³/mol. The maximum Gasteiger partial charge on any atom is 0.269 e. The molecule has 24 heavy (non-hydrogen) atoms. The first-order chi connectivity index (χ1) is 11.5. The fourth-order valence-corrected chi connectivity index (χ4v) is 3.05. The van der Waals surface area contributed by atoms with Gasteiger partial charge < -0.3 is 11.1 Å². The van der Waals surface area contributed by atoms with Crippen LogP contribution < -0.4 is 11.1 Å². The summed E-state index contributed by atoms with van der Waals surface area (Å²) >= 11 is 0. The highest BCUT2D eigenvalue weighted by atomic mass is 16.6. The van der Waals surface area contributed by atoms with Crippen LogP contribution in [-0.2, 0) is 0 Å². The van der Waals surface area contributed by atoms with E-state index in [4.69, 9.17) is 5.73 Å². The fraction of sp³-hybridized carbons (Fsp3) is 0.375. The number of amides is 1. The Hall–Kier alpha value is -2.74. The number of aromatic nitrogens is 2. The van der Waals surface area contributed by atoms with Crippen molar-refractivity contribution in [3.8, 4) is 5.69 Å². The van der Waals surface area contributed by atoms with E-state index in [9.17, 15) is 14.9 Å². The molecule has 1 amide bonds. The summed E-state index contributed by atoms with van der Waals surface area (Å²) in [5.41, 5.74) is 6.62. The van der Waals surface area contributed by atoms with Gasteiger partial charge in [0.15, 0.2) is 0 Å². The zero-order chi connectivity index (χ0) is 17.2. The van der Waals surface area contributed by atoms with Gasteiger partial charge in [0.05, 0.1) is 27.9 Å². The lowest BCUT2D eigenvalue weighted by atomic mass is 9.97. The second kappa shape index (κ2) is 6.40. The van der Waals surface area contributed by atoms with Crippen molar-refractivity contribution in [2.75, 3.05) is 6.54 Å². The summed E-state index contributed by atoms with van der Waals surface area (Å²) in [6.45, 7) is 0.426. The zero-order valence-electron chi connectivity index (χ0n) is 13.1. The van der Waals surface area contributed by atoms with Crippen LogP contribution in [0.2, 0.25) is 0 Å². The van der Waals surface area contributed by atoms with Crippen molar-refractivity contribution < 1.29 is 9.72 Å². The van der Waals surface area contributed by atoms with E-state index in [1.807, 2.05) is 0 Å². The maximum absolute atomic E-state index is 12.4. The largest absolute Gasteiger partial charge is 0.345 e. The van der Waals surface area contributed by atoms with Crippen molar-refractivity contribution in [2.24, 2.45) is 5.73 Å². The second-order valence-corrected chi connectivity index (χ2v) is 6.09. The number of carbonyl (C=O) groups is 1. The number of nitrogens with two attached hydrogens (primary N) is 1. The third-order valence-electron chi connectivity index (χ3n) is 4.50. The zero-order valence-corrected chi connectivity index (χ0v) is 13.1. The minimum absolute atomic E-state index is 0.00925. The Kier molecular flexibility index (Phi) is 4.30. The molecule has 0 unspecified atom stereocenters. The van der Waals surface area contributed by atoms with E-state index in [0.29, 0.717) is 17.8 Å². The molecule has 1 heterocycles. The summed E-state index contributed by atoms with van der Waals surface area (Å²) in [4.78, 5) is 22.7. The lowest BCUT2D eigenvalue weighted by Crippen LogP contribution is -2.51. The molecule has 0 bridgehead atoms. The molecule has 1 fully saturated rings. The molecule has 0 aliphatic heterocycles. The molecule has 8 heteroatoms. The Labute approximate surface area is 138 Å². The Morgan fingerprint density at radius 1 is 1.33 bits per heavy atom. The summed E-state index contributed by atoms with van der Waals surface area (Å²) in [6.07, 6.45) is 7.02. The SMILES string of the molecule is NCC1(NC(=O)c2cnn(-c3ccc([N+](=O)[O-])cc3)c2)CCCC1. The average molecular weight is 329 g/mol. The van der Waals surface area contributed by atoms with Crippen LogP contribution in [0.5, 0.6) is 0 Å². The van der Waals surface area contributed by atoms with Crippen LogP contribution in [0.15, 0.2) is 36.7 Å². The van der Waals surface area contributed by atoms with Crippen molar-refractivity contribution in [3.63, 3.8) is 0 Å². The number of nitrogens with one attached hydrogen (secondary N) is 1. The molecule has 3 rings (SSSR count). The molecule has 1 aromatic carbocycles. The van der Waals surface area contributed by atoms with Gasteiger partial charge in [-0.05, 0) is 25.0 Å². The van der Waals surface area contributed by atoms with Crippen molar-refractivity contribution in [1.29, 1.82) is 0 Å². The van der Waals surface area contributed by atoms with Crippen molar-refractivity contribution in [2.45, 2.75) is 31.2 Å². The third kappa shape index (κ3) is 3.13. The van der Waals surface area contributed by atoms with Crippen molar-refractivity contribution >= 4 is 11.6 Å². The van der Waals surface area contributed by atoms with Gasteiger partial charge in [0, 0.05) is 24.9 Å². The van der Waals surface area contributed by atoms with E-state index in [1.54, 1.807) is 18.3 Å². The highest BCUT2D eigenvalue weighted by molar-refractivity contribution is 5.94. The molecule has 0 saturated heterocycles. The average Bonchev–Trinajstić information content (AvgIpc) is 3.25. The van der Waals surface area contributed by atoms with E-state index in [-0.39, 0.29) is 17.1 Å². The number of hydrogen-bond donors (Lipinski definition) is 2. The summed E-state index contributed by atoms with van der Waals surface area (Å²) in [7, 11) is 0. The van der Waals surface area contributed by atoms with Gasteiger partial charge in [-0.15, -0.1) is 0 Å². The molecule has 0 spiro atoms. The lowest BCUT2D eigenvalue weighted by molar-refractivity contribution is -0.384. The Balaban J connectivity index is 1.75. The minimum Gasteiger partial charge on any atom is -0.345 e. The van der Waals surface area contributed by atoms with Gasteiger partial charge in [0.1, 0.15) is 0 Å². The molecular formula is C16H19N5O3. The van der Waals surface area contributed by atoms with Crippen LogP contribution in [0, 0.1) is 10.1 Å². The first kappa shape index (κ1) is 16.1. The van der Waals surface area contributed by atoms with Crippen LogP contribution >= 0.6 is 0 Å². The van der Waals surface area contributed by atoms with Gasteiger partial charge in [-0.25, -0.2) is 4.68 Å². The molecule has 1 saturated carbocycles. The van der Waals surface area contributed by atoms with E-state index in [2.05, 4.69) is 10.4 Å². The number of benzene rings is 1. The van der Waals surface area contributed by atoms with E-state index in [1.165, 1.54) is 23.0 Å². The van der Waals surface area contributed by atoms with Crippen LogP contribution in [0.25, 0.3) is 5.69 Å². The maximum atomic E-state index is 12.4. The van der Waals surface area contributed by atoms with E-state index < -0.39 is 4.92 Å². The van der Waals surface area contributed by atoms with Gasteiger partial charge >= 0.3 is 0 Å². The van der Waals surface area contributed by atoms with Crippen LogP contribution in [0.1, 0.15) is 36.0 Å². The first-order valence-electron chi connectivity index (χ1n) is 7.85. The molecule has 1 aliphatic carbocycles. The first-order valence-corrected chi connectivity index (χ1v) is 7.85. The van der Waals surface area contributed by atoms with E-state index in [0.717, 1.165) is 25.7 Å². The lowest BCUT2D eigenvalue weighted by Gasteiger charge is -2.28. The second-order valence-electron chi connectivity index (χ2n) is 6.09. The standard InChI is InChI=1S/C16H19N5O3/c17-11-16(7-1-2-8-16)19-15(22)12-9-18-20(10-12)13-3-5-14(6-4-13)21(23)24/h3-6,9-10H,1-2,7-8,11,17H2,(H,19,22). The highest BCUT2D eigenvalue weighted by Crippen LogP contribution is 2.29. The number of carbonyl (C=O) groups excluding carboxylic acids is 1. The number of hydrogen-bond acceptors (Lipinski definition) is 5. The molecule has 126 valence electrons. The molecule has 1 aliphatic rings. The van der Waals surface area contributed by atoms with Gasteiger partial charge in [-0.3, -0.25) is 14.9 Å². The van der Waals surface area contributed by atoms with Crippen LogP contribution in [0.3, 0.4) is 0 Å². The number of nitro groups is 1. The van der Waals surface area contributed by atoms with Crippen molar-refractivity contribution in [3.05, 3.63) is 52.3 Å². The smallest absolute Gasteiger partial charge is 0.269 e. The molecule has 0 atom stereocenters. The predicted octanol–water partition coefficient (Wildman–Crippen LogP) is 1.78. The summed E-state index contributed by atoms with van der Waals surface area (Å²) < 4.78 is 1.52. The number of rotatable bonds is 5. The third-order valence-corrected chi connectivity index (χ3v) is 4.50. The number of non-ortho nitro benzene ring substituents is 1. The van der Waals surface area contributed by atoms with Gasteiger partial charge in [-0.1, -0.05) is 12.8 Å². The van der Waals surface area contributed by atoms with E-state index >= 15 is 0 Å². The molecule has 2 aromatic rings. The normalized spacial score (nSPS) is 16.0. The Morgan fingerprint density at radius 2 is 2.00 bits per heavy atom. The number of nitro benzene ring substituents is 1. The quantitative estimate of drug-likeness (QED) is 0.640. The number of nitrogens with zero attached hydrogens (tertiary/aromatic N) is 3. The van der Waals surface area contributed by atoms with Crippen molar-refractivity contribution in [1.82, 2.24) is 15.1 Å². The van der Waals surface area contributed by atoms with Crippen LogP contribution in [0.4, 0.5) is 5.69 Å². The highest BCUT2D eigenvalue weighted by Gasteiger charge is 2.34. The fourth-order valence-electron chi connectivity index (χ4n) is 3.05. The minimum atomic E-state index is -0.459.